The summed E-state index contributed by atoms with van der Waals surface area (Å²) in [4.78, 5) is 20.0. The maximum atomic E-state index is 10.8. The van der Waals surface area contributed by atoms with Crippen LogP contribution in [0.5, 0.6) is 0 Å². The minimum absolute atomic E-state index is 0.000556. The third-order valence-corrected chi connectivity index (χ3v) is 2.52. The first-order chi connectivity index (χ1) is 7.29. The van der Waals surface area contributed by atoms with Crippen LogP contribution in [0.3, 0.4) is 0 Å². The molecule has 1 aromatic rings. The highest BCUT2D eigenvalue weighted by atomic mass is 16.6. The van der Waals surface area contributed by atoms with E-state index in [-0.39, 0.29) is 5.69 Å². The van der Waals surface area contributed by atoms with Crippen LogP contribution < -0.4 is 4.90 Å². The standard InChI is InChI=1S/C9H12N4O2/c14-13(15)8-6-10-7-11-9(8)12-4-2-1-3-5-12/h6-7H,1-5H2. The van der Waals surface area contributed by atoms with Crippen LogP contribution in [-0.4, -0.2) is 28.0 Å². The van der Waals surface area contributed by atoms with E-state index < -0.39 is 4.92 Å². The molecule has 0 amide bonds. The Hall–Kier alpha value is -1.72. The van der Waals surface area contributed by atoms with E-state index in [2.05, 4.69) is 9.97 Å². The summed E-state index contributed by atoms with van der Waals surface area (Å²) < 4.78 is 0. The molecule has 0 saturated carbocycles. The third kappa shape index (κ3) is 2.03. The second kappa shape index (κ2) is 4.20. The zero-order valence-electron chi connectivity index (χ0n) is 8.30. The van der Waals surface area contributed by atoms with Crippen molar-refractivity contribution in [2.45, 2.75) is 19.3 Å². The Bertz CT molecular complexity index is 363. The van der Waals surface area contributed by atoms with Gasteiger partial charge in [0.1, 0.15) is 12.5 Å². The molecule has 1 aromatic heterocycles. The van der Waals surface area contributed by atoms with Crippen LogP contribution in [0.2, 0.25) is 0 Å². The highest BCUT2D eigenvalue weighted by Gasteiger charge is 2.22. The SMILES string of the molecule is O=[N+]([O-])c1cncnc1N1CCCCC1. The Balaban J connectivity index is 2.29. The van der Waals surface area contributed by atoms with Gasteiger partial charge in [-0.3, -0.25) is 10.1 Å². The number of rotatable bonds is 2. The van der Waals surface area contributed by atoms with Gasteiger partial charge in [-0.2, -0.15) is 0 Å². The van der Waals surface area contributed by atoms with Gasteiger partial charge in [-0.15, -0.1) is 0 Å². The highest BCUT2D eigenvalue weighted by molar-refractivity contribution is 5.56. The molecule has 0 spiro atoms. The van der Waals surface area contributed by atoms with E-state index in [1.807, 2.05) is 4.90 Å². The summed E-state index contributed by atoms with van der Waals surface area (Å²) in [7, 11) is 0. The molecule has 1 aliphatic heterocycles. The normalized spacial score (nSPS) is 16.4. The fraction of sp³-hybridized carbons (Fsp3) is 0.556. The van der Waals surface area contributed by atoms with Crippen molar-refractivity contribution in [2.75, 3.05) is 18.0 Å². The summed E-state index contributed by atoms with van der Waals surface area (Å²) in [5.41, 5.74) is -0.000556. The van der Waals surface area contributed by atoms with Crippen molar-refractivity contribution < 1.29 is 4.92 Å². The predicted molar refractivity (Wildman–Crippen MR) is 54.8 cm³/mol. The molecule has 2 heterocycles. The van der Waals surface area contributed by atoms with Crippen molar-refractivity contribution in [1.82, 2.24) is 9.97 Å². The van der Waals surface area contributed by atoms with Crippen LogP contribution in [0.25, 0.3) is 0 Å². The van der Waals surface area contributed by atoms with Gasteiger partial charge in [-0.1, -0.05) is 0 Å². The van der Waals surface area contributed by atoms with Crippen molar-refractivity contribution in [2.24, 2.45) is 0 Å². The lowest BCUT2D eigenvalue weighted by molar-refractivity contribution is -0.384. The molecule has 2 rings (SSSR count). The summed E-state index contributed by atoms with van der Waals surface area (Å²) in [6, 6.07) is 0. The second-order valence-corrected chi connectivity index (χ2v) is 3.54. The van der Waals surface area contributed by atoms with Gasteiger partial charge in [0.05, 0.1) is 4.92 Å². The maximum Gasteiger partial charge on any atom is 0.329 e. The first kappa shape index (κ1) is 9.82. The molecular formula is C9H12N4O2. The van der Waals surface area contributed by atoms with Gasteiger partial charge in [0.25, 0.3) is 0 Å². The molecule has 0 aromatic carbocycles. The Labute approximate surface area is 87.1 Å². The number of nitro groups is 1. The van der Waals surface area contributed by atoms with Crippen LogP contribution in [0.1, 0.15) is 19.3 Å². The summed E-state index contributed by atoms with van der Waals surface area (Å²) in [5.74, 6) is 0.453. The quantitative estimate of drug-likeness (QED) is 0.542. The Morgan fingerprint density at radius 3 is 2.73 bits per heavy atom. The van der Waals surface area contributed by atoms with Gasteiger partial charge in [0.15, 0.2) is 0 Å². The molecule has 1 saturated heterocycles. The largest absolute Gasteiger partial charge is 0.351 e. The van der Waals surface area contributed by atoms with Crippen molar-refractivity contribution in [3.63, 3.8) is 0 Å². The molecule has 0 N–H and O–H groups in total. The fourth-order valence-corrected chi connectivity index (χ4v) is 1.79. The minimum atomic E-state index is -0.427. The lowest BCUT2D eigenvalue weighted by atomic mass is 10.1. The van der Waals surface area contributed by atoms with Crippen LogP contribution in [0.4, 0.5) is 11.5 Å². The summed E-state index contributed by atoms with van der Waals surface area (Å²) >= 11 is 0. The monoisotopic (exact) mass is 208 g/mol. The van der Waals surface area contributed by atoms with E-state index in [1.165, 1.54) is 18.9 Å². The van der Waals surface area contributed by atoms with Crippen molar-refractivity contribution in [1.29, 1.82) is 0 Å². The molecule has 0 bridgehead atoms. The van der Waals surface area contributed by atoms with Crippen LogP contribution in [-0.2, 0) is 0 Å². The summed E-state index contributed by atoms with van der Waals surface area (Å²) in [5, 5.41) is 10.8. The van der Waals surface area contributed by atoms with Crippen molar-refractivity contribution in [3.05, 3.63) is 22.6 Å². The third-order valence-electron chi connectivity index (χ3n) is 2.52. The smallest absolute Gasteiger partial charge is 0.329 e. The highest BCUT2D eigenvalue weighted by Crippen LogP contribution is 2.26. The molecule has 0 radical (unpaired) electrons. The van der Waals surface area contributed by atoms with Gasteiger partial charge in [0.2, 0.25) is 5.82 Å². The van der Waals surface area contributed by atoms with Gasteiger partial charge in [-0.25, -0.2) is 9.97 Å². The van der Waals surface area contributed by atoms with Crippen molar-refractivity contribution in [3.8, 4) is 0 Å². The van der Waals surface area contributed by atoms with Crippen molar-refractivity contribution >= 4 is 11.5 Å². The lowest BCUT2D eigenvalue weighted by Crippen LogP contribution is -2.30. The Morgan fingerprint density at radius 1 is 1.33 bits per heavy atom. The number of hydrogen-bond acceptors (Lipinski definition) is 5. The van der Waals surface area contributed by atoms with E-state index in [1.54, 1.807) is 0 Å². The Kier molecular flexibility index (Phi) is 2.75. The molecule has 6 heteroatoms. The molecule has 1 aliphatic rings. The average Bonchev–Trinajstić information content (AvgIpc) is 2.30. The average molecular weight is 208 g/mol. The van der Waals surface area contributed by atoms with Gasteiger partial charge < -0.3 is 4.90 Å². The molecule has 15 heavy (non-hydrogen) atoms. The summed E-state index contributed by atoms with van der Waals surface area (Å²) in [6.45, 7) is 1.69. The van der Waals surface area contributed by atoms with E-state index in [0.717, 1.165) is 25.9 Å². The molecule has 0 atom stereocenters. The molecule has 6 nitrogen and oxygen atoms in total. The molecule has 0 aliphatic carbocycles. The Morgan fingerprint density at radius 2 is 2.07 bits per heavy atom. The first-order valence-corrected chi connectivity index (χ1v) is 4.98. The fourth-order valence-electron chi connectivity index (χ4n) is 1.79. The van der Waals surface area contributed by atoms with E-state index in [4.69, 9.17) is 0 Å². The number of anilines is 1. The van der Waals surface area contributed by atoms with E-state index in [9.17, 15) is 10.1 Å². The van der Waals surface area contributed by atoms with Gasteiger partial charge in [0, 0.05) is 13.1 Å². The minimum Gasteiger partial charge on any atom is -0.351 e. The number of hydrogen-bond donors (Lipinski definition) is 0. The molecule has 80 valence electrons. The number of aromatic nitrogens is 2. The molecule has 1 fully saturated rings. The zero-order valence-corrected chi connectivity index (χ0v) is 8.30. The maximum absolute atomic E-state index is 10.8. The van der Waals surface area contributed by atoms with E-state index in [0.29, 0.717) is 5.82 Å². The topological polar surface area (TPSA) is 72.2 Å². The molecular weight excluding hydrogens is 196 g/mol. The van der Waals surface area contributed by atoms with Crippen LogP contribution >= 0.6 is 0 Å². The lowest BCUT2D eigenvalue weighted by Gasteiger charge is -2.26. The number of piperidine rings is 1. The summed E-state index contributed by atoms with van der Waals surface area (Å²) in [6.07, 6.45) is 5.95. The predicted octanol–water partition coefficient (Wildman–Crippen LogP) is 1.38. The van der Waals surface area contributed by atoms with E-state index >= 15 is 0 Å². The van der Waals surface area contributed by atoms with Gasteiger partial charge in [-0.05, 0) is 19.3 Å². The van der Waals surface area contributed by atoms with Crippen LogP contribution in [0.15, 0.2) is 12.5 Å². The first-order valence-electron chi connectivity index (χ1n) is 4.98. The number of nitrogens with zero attached hydrogens (tertiary/aromatic N) is 4. The van der Waals surface area contributed by atoms with Crippen LogP contribution in [0, 0.1) is 10.1 Å². The molecule has 0 unspecified atom stereocenters. The zero-order chi connectivity index (χ0) is 10.7. The van der Waals surface area contributed by atoms with Gasteiger partial charge >= 0.3 is 5.69 Å². The second-order valence-electron chi connectivity index (χ2n) is 3.54.